The molecule has 1 amide bonds. The van der Waals surface area contributed by atoms with Gasteiger partial charge < -0.3 is 10.6 Å². The first-order chi connectivity index (χ1) is 13.8. The minimum atomic E-state index is -4.35. The van der Waals surface area contributed by atoms with Crippen LogP contribution >= 0.6 is 0 Å². The largest absolute Gasteiger partial charge is 0.416 e. The van der Waals surface area contributed by atoms with E-state index in [4.69, 9.17) is 0 Å². The molecule has 3 nitrogen and oxygen atoms in total. The average molecular weight is 400 g/mol. The number of carbonyl (C=O) groups excluding carboxylic acids is 1. The zero-order valence-corrected chi connectivity index (χ0v) is 16.1. The van der Waals surface area contributed by atoms with Crippen LogP contribution in [0.25, 0.3) is 10.8 Å². The predicted octanol–water partition coefficient (Wildman–Crippen LogP) is 5.22. The molecule has 0 fully saturated rings. The lowest BCUT2D eigenvalue weighted by molar-refractivity contribution is -0.137. The molecule has 1 atom stereocenters. The first-order valence-corrected chi connectivity index (χ1v) is 9.48. The Morgan fingerprint density at radius 3 is 2.38 bits per heavy atom. The summed E-state index contributed by atoms with van der Waals surface area (Å²) >= 11 is 0. The minimum absolute atomic E-state index is 0.0869. The fraction of sp³-hybridized carbons (Fsp3) is 0.261. The van der Waals surface area contributed by atoms with Crippen molar-refractivity contribution in [1.29, 1.82) is 0 Å². The van der Waals surface area contributed by atoms with E-state index in [-0.39, 0.29) is 24.9 Å². The molecule has 3 aromatic rings. The van der Waals surface area contributed by atoms with Crippen LogP contribution < -0.4 is 10.6 Å². The minimum Gasteiger partial charge on any atom is -0.352 e. The highest BCUT2D eigenvalue weighted by Gasteiger charge is 2.29. The number of carbonyl (C=O) groups is 1. The van der Waals surface area contributed by atoms with E-state index in [2.05, 4.69) is 41.8 Å². The van der Waals surface area contributed by atoms with Crippen molar-refractivity contribution in [3.63, 3.8) is 0 Å². The van der Waals surface area contributed by atoms with E-state index in [9.17, 15) is 18.0 Å². The molecule has 0 spiro atoms. The van der Waals surface area contributed by atoms with E-state index in [1.807, 2.05) is 18.2 Å². The second-order valence-electron chi connectivity index (χ2n) is 6.97. The van der Waals surface area contributed by atoms with Gasteiger partial charge in [0.05, 0.1) is 5.56 Å². The number of halogens is 3. The summed E-state index contributed by atoms with van der Waals surface area (Å²) in [4.78, 5) is 12.0. The molecule has 29 heavy (non-hydrogen) atoms. The SMILES string of the molecule is C[C@@H](NCCC(=O)NCc1ccc(C(F)(F)F)cc1)c1cccc2ccccc12. The summed E-state index contributed by atoms with van der Waals surface area (Å²) in [5.74, 6) is -0.150. The molecular weight excluding hydrogens is 377 g/mol. The van der Waals surface area contributed by atoms with Gasteiger partial charge in [0.15, 0.2) is 0 Å². The number of hydrogen-bond acceptors (Lipinski definition) is 2. The fourth-order valence-electron chi connectivity index (χ4n) is 3.24. The third-order valence-corrected chi connectivity index (χ3v) is 4.86. The molecule has 3 rings (SSSR count). The summed E-state index contributed by atoms with van der Waals surface area (Å²) in [5, 5.41) is 8.45. The summed E-state index contributed by atoms with van der Waals surface area (Å²) in [7, 11) is 0. The second kappa shape index (κ2) is 9.09. The van der Waals surface area contributed by atoms with Crippen molar-refractivity contribution >= 4 is 16.7 Å². The van der Waals surface area contributed by atoms with E-state index in [0.717, 1.165) is 12.1 Å². The van der Waals surface area contributed by atoms with Crippen LogP contribution in [0.2, 0.25) is 0 Å². The lowest BCUT2D eigenvalue weighted by Gasteiger charge is -2.16. The zero-order valence-electron chi connectivity index (χ0n) is 16.1. The number of nitrogens with one attached hydrogen (secondary N) is 2. The Bertz CT molecular complexity index is 963. The van der Waals surface area contributed by atoms with Gasteiger partial charge in [-0.25, -0.2) is 0 Å². The number of alkyl halides is 3. The Hall–Kier alpha value is -2.86. The standard InChI is InChI=1S/C23H23F3N2O/c1-16(20-8-4-6-18-5-2-3-7-21(18)20)27-14-13-22(29)28-15-17-9-11-19(12-10-17)23(24,25)26/h2-12,16,27H,13-15H2,1H3,(H,28,29)/t16-/m1/s1. The summed E-state index contributed by atoms with van der Waals surface area (Å²) in [6.45, 7) is 2.76. The summed E-state index contributed by atoms with van der Waals surface area (Å²) in [6.07, 6.45) is -4.07. The average Bonchev–Trinajstić information content (AvgIpc) is 2.71. The van der Waals surface area contributed by atoms with Gasteiger partial charge in [0.25, 0.3) is 0 Å². The Morgan fingerprint density at radius 2 is 1.66 bits per heavy atom. The third kappa shape index (κ3) is 5.57. The molecule has 0 aliphatic rings. The summed E-state index contributed by atoms with van der Waals surface area (Å²) in [6, 6.07) is 19.2. The van der Waals surface area contributed by atoms with Crippen LogP contribution in [0, 0.1) is 0 Å². The molecule has 0 aliphatic heterocycles. The number of amides is 1. The van der Waals surface area contributed by atoms with E-state index in [1.54, 1.807) is 0 Å². The second-order valence-corrected chi connectivity index (χ2v) is 6.97. The smallest absolute Gasteiger partial charge is 0.352 e. The number of benzene rings is 3. The van der Waals surface area contributed by atoms with Crippen LogP contribution in [0.5, 0.6) is 0 Å². The number of hydrogen-bond donors (Lipinski definition) is 2. The molecule has 0 saturated heterocycles. The van der Waals surface area contributed by atoms with Crippen LogP contribution in [-0.4, -0.2) is 12.5 Å². The van der Waals surface area contributed by atoms with E-state index in [0.29, 0.717) is 12.1 Å². The summed E-state index contributed by atoms with van der Waals surface area (Å²) in [5.41, 5.74) is 1.11. The topological polar surface area (TPSA) is 41.1 Å². The van der Waals surface area contributed by atoms with Crippen LogP contribution in [0.4, 0.5) is 13.2 Å². The van der Waals surface area contributed by atoms with Crippen molar-refractivity contribution < 1.29 is 18.0 Å². The van der Waals surface area contributed by atoms with Gasteiger partial charge in [0, 0.05) is 25.6 Å². The van der Waals surface area contributed by atoms with Crippen molar-refractivity contribution in [2.24, 2.45) is 0 Å². The molecule has 3 aromatic carbocycles. The van der Waals surface area contributed by atoms with Crippen molar-refractivity contribution in [2.75, 3.05) is 6.54 Å². The molecule has 0 radical (unpaired) electrons. The van der Waals surface area contributed by atoms with Crippen LogP contribution in [0.15, 0.2) is 66.7 Å². The maximum absolute atomic E-state index is 12.6. The molecule has 0 unspecified atom stereocenters. The fourth-order valence-corrected chi connectivity index (χ4v) is 3.24. The number of rotatable bonds is 7. The van der Waals surface area contributed by atoms with Crippen molar-refractivity contribution in [2.45, 2.75) is 32.1 Å². The molecule has 0 saturated carbocycles. The molecule has 0 aromatic heterocycles. The van der Waals surface area contributed by atoms with Gasteiger partial charge in [0.1, 0.15) is 0 Å². The van der Waals surface area contributed by atoms with Gasteiger partial charge in [-0.3, -0.25) is 4.79 Å². The molecule has 0 bridgehead atoms. The highest BCUT2D eigenvalue weighted by molar-refractivity contribution is 5.86. The highest BCUT2D eigenvalue weighted by Crippen LogP contribution is 2.29. The van der Waals surface area contributed by atoms with Gasteiger partial charge in [-0.1, -0.05) is 54.6 Å². The quantitative estimate of drug-likeness (QED) is 0.571. The van der Waals surface area contributed by atoms with Crippen molar-refractivity contribution in [3.8, 4) is 0 Å². The molecule has 6 heteroatoms. The predicted molar refractivity (Wildman–Crippen MR) is 108 cm³/mol. The molecular formula is C23H23F3N2O. The van der Waals surface area contributed by atoms with Crippen molar-refractivity contribution in [1.82, 2.24) is 10.6 Å². The van der Waals surface area contributed by atoms with E-state index < -0.39 is 11.7 Å². The summed E-state index contributed by atoms with van der Waals surface area (Å²) < 4.78 is 37.7. The van der Waals surface area contributed by atoms with Gasteiger partial charge in [-0.15, -0.1) is 0 Å². The molecule has 0 heterocycles. The third-order valence-electron chi connectivity index (χ3n) is 4.86. The van der Waals surface area contributed by atoms with Gasteiger partial charge in [-0.05, 0) is 41.0 Å². The monoisotopic (exact) mass is 400 g/mol. The first kappa shape index (κ1) is 20.9. The highest BCUT2D eigenvalue weighted by atomic mass is 19.4. The first-order valence-electron chi connectivity index (χ1n) is 9.48. The zero-order chi connectivity index (χ0) is 20.9. The Balaban J connectivity index is 1.46. The van der Waals surface area contributed by atoms with Crippen molar-refractivity contribution in [3.05, 3.63) is 83.4 Å². The van der Waals surface area contributed by atoms with Crippen LogP contribution in [0.1, 0.15) is 36.1 Å². The molecule has 0 aliphatic carbocycles. The Labute approximate surface area is 167 Å². The van der Waals surface area contributed by atoms with Gasteiger partial charge in [-0.2, -0.15) is 13.2 Å². The lowest BCUT2D eigenvalue weighted by atomic mass is 10.00. The Kier molecular flexibility index (Phi) is 6.54. The molecule has 2 N–H and O–H groups in total. The van der Waals surface area contributed by atoms with Crippen LogP contribution in [0.3, 0.4) is 0 Å². The lowest BCUT2D eigenvalue weighted by Crippen LogP contribution is -2.28. The maximum atomic E-state index is 12.6. The van der Waals surface area contributed by atoms with E-state index >= 15 is 0 Å². The van der Waals surface area contributed by atoms with Gasteiger partial charge in [0.2, 0.25) is 5.91 Å². The van der Waals surface area contributed by atoms with Gasteiger partial charge >= 0.3 is 6.18 Å². The van der Waals surface area contributed by atoms with Crippen LogP contribution in [-0.2, 0) is 17.5 Å². The normalized spacial score (nSPS) is 12.7. The number of fused-ring (bicyclic) bond motifs is 1. The molecule has 152 valence electrons. The van der Waals surface area contributed by atoms with E-state index in [1.165, 1.54) is 28.5 Å². The maximum Gasteiger partial charge on any atom is 0.416 e. The Morgan fingerprint density at radius 1 is 0.966 bits per heavy atom.